The smallest absolute Gasteiger partial charge is 0.249 e. The molecule has 0 aliphatic carbocycles. The van der Waals surface area contributed by atoms with Crippen LogP contribution in [0.3, 0.4) is 0 Å². The molecule has 1 saturated heterocycles. The van der Waals surface area contributed by atoms with Crippen LogP contribution in [-0.2, 0) is 13.1 Å². The molecule has 0 amide bonds. The summed E-state index contributed by atoms with van der Waals surface area (Å²) >= 11 is 6.22. The Balaban J connectivity index is 1.29. The maximum absolute atomic E-state index is 6.22. The standard InChI is InChI=1S/C23H27ClN4O/c1-17(2)19-9-7-18(8-10-19)15-27-11-13-28(14-12-27)16-22-25-26-23(29-22)20-5-3-4-6-21(20)24/h3-10,17H,11-16H2,1-2H3. The van der Waals surface area contributed by atoms with Crippen LogP contribution < -0.4 is 0 Å². The van der Waals surface area contributed by atoms with Crippen molar-refractivity contribution in [3.8, 4) is 11.5 Å². The summed E-state index contributed by atoms with van der Waals surface area (Å²) in [6.45, 7) is 10.2. The van der Waals surface area contributed by atoms with Crippen molar-refractivity contribution in [2.24, 2.45) is 0 Å². The number of rotatable bonds is 6. The number of nitrogens with zero attached hydrogens (tertiary/aromatic N) is 4. The fourth-order valence-corrected chi connectivity index (χ4v) is 3.84. The monoisotopic (exact) mass is 410 g/mol. The van der Waals surface area contributed by atoms with E-state index in [-0.39, 0.29) is 0 Å². The minimum Gasteiger partial charge on any atom is -0.419 e. The number of hydrogen-bond acceptors (Lipinski definition) is 5. The Labute approximate surface area is 177 Å². The summed E-state index contributed by atoms with van der Waals surface area (Å²) in [7, 11) is 0. The van der Waals surface area contributed by atoms with Crippen molar-refractivity contribution < 1.29 is 4.42 Å². The Morgan fingerprint density at radius 2 is 1.55 bits per heavy atom. The third-order valence-electron chi connectivity index (χ3n) is 5.45. The molecule has 2 aromatic carbocycles. The second kappa shape index (κ2) is 9.08. The van der Waals surface area contributed by atoms with E-state index in [1.807, 2.05) is 24.3 Å². The zero-order valence-electron chi connectivity index (χ0n) is 17.0. The first-order valence-electron chi connectivity index (χ1n) is 10.2. The van der Waals surface area contributed by atoms with Gasteiger partial charge in [0, 0.05) is 32.7 Å². The van der Waals surface area contributed by atoms with E-state index in [2.05, 4.69) is 58.1 Å². The summed E-state index contributed by atoms with van der Waals surface area (Å²) in [6.07, 6.45) is 0. The molecule has 0 saturated carbocycles. The summed E-state index contributed by atoms with van der Waals surface area (Å²) in [6, 6.07) is 16.6. The van der Waals surface area contributed by atoms with Gasteiger partial charge in [0.15, 0.2) is 0 Å². The van der Waals surface area contributed by atoms with Crippen LogP contribution in [0.2, 0.25) is 5.02 Å². The van der Waals surface area contributed by atoms with E-state index >= 15 is 0 Å². The molecule has 4 rings (SSSR count). The molecule has 2 heterocycles. The van der Waals surface area contributed by atoms with Crippen LogP contribution in [0.4, 0.5) is 0 Å². The van der Waals surface area contributed by atoms with Gasteiger partial charge in [0.05, 0.1) is 17.1 Å². The molecule has 5 nitrogen and oxygen atoms in total. The van der Waals surface area contributed by atoms with Gasteiger partial charge >= 0.3 is 0 Å². The highest BCUT2D eigenvalue weighted by molar-refractivity contribution is 6.33. The van der Waals surface area contributed by atoms with E-state index < -0.39 is 0 Å². The third-order valence-corrected chi connectivity index (χ3v) is 5.78. The lowest BCUT2D eigenvalue weighted by atomic mass is 10.0. The molecule has 3 aromatic rings. The molecule has 1 aliphatic rings. The Morgan fingerprint density at radius 3 is 2.21 bits per heavy atom. The van der Waals surface area contributed by atoms with Crippen LogP contribution >= 0.6 is 11.6 Å². The summed E-state index contributed by atoms with van der Waals surface area (Å²) in [5, 5.41) is 8.99. The predicted molar refractivity (Wildman–Crippen MR) is 116 cm³/mol. The fourth-order valence-electron chi connectivity index (χ4n) is 3.62. The number of hydrogen-bond donors (Lipinski definition) is 0. The molecule has 6 heteroatoms. The summed E-state index contributed by atoms with van der Waals surface area (Å²) < 4.78 is 5.84. The summed E-state index contributed by atoms with van der Waals surface area (Å²) in [5.41, 5.74) is 3.56. The highest BCUT2D eigenvalue weighted by Crippen LogP contribution is 2.26. The van der Waals surface area contributed by atoms with Crippen molar-refractivity contribution in [1.29, 1.82) is 0 Å². The second-order valence-corrected chi connectivity index (χ2v) is 8.34. The third kappa shape index (κ3) is 5.04. The number of aromatic nitrogens is 2. The zero-order valence-corrected chi connectivity index (χ0v) is 17.8. The van der Waals surface area contributed by atoms with E-state index in [9.17, 15) is 0 Å². The van der Waals surface area contributed by atoms with Crippen molar-refractivity contribution in [3.05, 3.63) is 70.6 Å². The molecule has 0 unspecified atom stereocenters. The van der Waals surface area contributed by atoms with Crippen molar-refractivity contribution in [1.82, 2.24) is 20.0 Å². The Morgan fingerprint density at radius 1 is 0.897 bits per heavy atom. The van der Waals surface area contributed by atoms with Crippen LogP contribution in [0, 0.1) is 0 Å². The summed E-state index contributed by atoms with van der Waals surface area (Å²) in [4.78, 5) is 4.87. The minimum atomic E-state index is 0.481. The molecule has 152 valence electrons. The lowest BCUT2D eigenvalue weighted by Crippen LogP contribution is -2.45. The largest absolute Gasteiger partial charge is 0.419 e. The van der Waals surface area contributed by atoms with Gasteiger partial charge in [-0.15, -0.1) is 10.2 Å². The van der Waals surface area contributed by atoms with E-state index in [4.69, 9.17) is 16.0 Å². The van der Waals surface area contributed by atoms with Crippen molar-refractivity contribution in [3.63, 3.8) is 0 Å². The van der Waals surface area contributed by atoms with E-state index in [0.29, 0.717) is 29.3 Å². The molecule has 0 atom stereocenters. The quantitative estimate of drug-likeness (QED) is 0.582. The summed E-state index contributed by atoms with van der Waals surface area (Å²) in [5.74, 6) is 1.70. The number of halogens is 1. The zero-order chi connectivity index (χ0) is 20.2. The average molecular weight is 411 g/mol. The first kappa shape index (κ1) is 20.1. The number of benzene rings is 2. The normalized spacial score (nSPS) is 15.9. The van der Waals surface area contributed by atoms with Gasteiger partial charge in [-0.3, -0.25) is 9.80 Å². The van der Waals surface area contributed by atoms with Crippen molar-refractivity contribution >= 4 is 11.6 Å². The molecule has 0 N–H and O–H groups in total. The SMILES string of the molecule is CC(C)c1ccc(CN2CCN(Cc3nnc(-c4ccccc4Cl)o3)CC2)cc1. The molecule has 29 heavy (non-hydrogen) atoms. The Hall–Kier alpha value is -2.21. The van der Waals surface area contributed by atoms with Crippen LogP contribution in [0.5, 0.6) is 0 Å². The first-order valence-corrected chi connectivity index (χ1v) is 10.6. The van der Waals surface area contributed by atoms with E-state index in [1.165, 1.54) is 11.1 Å². The molecule has 0 radical (unpaired) electrons. The van der Waals surface area contributed by atoms with Crippen LogP contribution in [0.25, 0.3) is 11.5 Å². The highest BCUT2D eigenvalue weighted by Gasteiger charge is 2.20. The molecule has 1 aliphatic heterocycles. The Kier molecular flexibility index (Phi) is 6.28. The molecular weight excluding hydrogens is 384 g/mol. The highest BCUT2D eigenvalue weighted by atomic mass is 35.5. The maximum Gasteiger partial charge on any atom is 0.249 e. The fraction of sp³-hybridized carbons (Fsp3) is 0.391. The van der Waals surface area contributed by atoms with Crippen LogP contribution in [0.1, 0.15) is 36.8 Å². The molecule has 1 fully saturated rings. The number of piperazine rings is 1. The lowest BCUT2D eigenvalue weighted by Gasteiger charge is -2.34. The van der Waals surface area contributed by atoms with Gasteiger partial charge in [0.1, 0.15) is 0 Å². The lowest BCUT2D eigenvalue weighted by molar-refractivity contribution is 0.114. The van der Waals surface area contributed by atoms with Gasteiger partial charge in [0.2, 0.25) is 11.8 Å². The van der Waals surface area contributed by atoms with E-state index in [0.717, 1.165) is 38.3 Å². The van der Waals surface area contributed by atoms with Gasteiger partial charge in [-0.2, -0.15) is 0 Å². The van der Waals surface area contributed by atoms with Gasteiger partial charge in [-0.25, -0.2) is 0 Å². The molecule has 0 bridgehead atoms. The van der Waals surface area contributed by atoms with Crippen molar-refractivity contribution in [2.45, 2.75) is 32.9 Å². The van der Waals surface area contributed by atoms with Gasteiger partial charge < -0.3 is 4.42 Å². The van der Waals surface area contributed by atoms with Gasteiger partial charge in [-0.05, 0) is 29.2 Å². The van der Waals surface area contributed by atoms with Crippen molar-refractivity contribution in [2.75, 3.05) is 26.2 Å². The topological polar surface area (TPSA) is 45.4 Å². The average Bonchev–Trinajstić information content (AvgIpc) is 3.18. The van der Waals surface area contributed by atoms with Gasteiger partial charge in [0.25, 0.3) is 0 Å². The molecule has 0 spiro atoms. The first-order chi connectivity index (χ1) is 14.1. The second-order valence-electron chi connectivity index (χ2n) is 7.93. The maximum atomic E-state index is 6.22. The van der Waals surface area contributed by atoms with Crippen LogP contribution in [-0.4, -0.2) is 46.2 Å². The van der Waals surface area contributed by atoms with E-state index in [1.54, 1.807) is 0 Å². The Bertz CT molecular complexity index is 930. The molecular formula is C23H27ClN4O. The van der Waals surface area contributed by atoms with Crippen LogP contribution in [0.15, 0.2) is 52.9 Å². The van der Waals surface area contributed by atoms with Gasteiger partial charge in [-0.1, -0.05) is 61.8 Å². The predicted octanol–water partition coefficient (Wildman–Crippen LogP) is 4.83. The molecule has 1 aromatic heterocycles. The minimum absolute atomic E-state index is 0.481.